The quantitative estimate of drug-likeness (QED) is 0.813. The molecular weight excluding hydrogens is 298 g/mol. The largest absolute Gasteiger partial charge is 0.496 e. The lowest BCUT2D eigenvalue weighted by Gasteiger charge is -2.06. The van der Waals surface area contributed by atoms with Crippen LogP contribution in [0.4, 0.5) is 0 Å². The van der Waals surface area contributed by atoms with E-state index in [1.165, 1.54) is 6.20 Å². The molecule has 0 fully saturated rings. The molecule has 6 heteroatoms. The van der Waals surface area contributed by atoms with Crippen LogP contribution in [0, 0.1) is 0 Å². The minimum atomic E-state index is -0.106. The third-order valence-electron chi connectivity index (χ3n) is 2.56. The summed E-state index contributed by atoms with van der Waals surface area (Å²) in [5.41, 5.74) is 1.05. The highest BCUT2D eigenvalue weighted by atomic mass is 79.9. The van der Waals surface area contributed by atoms with Crippen LogP contribution in [0.2, 0.25) is 0 Å². The molecule has 0 atom stereocenters. The molecule has 5 nitrogen and oxygen atoms in total. The van der Waals surface area contributed by atoms with Crippen molar-refractivity contribution in [2.75, 3.05) is 7.11 Å². The molecule has 0 aliphatic heterocycles. The van der Waals surface area contributed by atoms with Crippen LogP contribution < -0.4 is 4.74 Å². The van der Waals surface area contributed by atoms with Crippen LogP contribution in [0.5, 0.6) is 5.75 Å². The first-order valence-electron chi connectivity index (χ1n) is 5.44. The molecule has 0 aliphatic carbocycles. The van der Waals surface area contributed by atoms with E-state index in [1.54, 1.807) is 30.0 Å². The fourth-order valence-electron chi connectivity index (χ4n) is 1.62. The summed E-state index contributed by atoms with van der Waals surface area (Å²) in [6.45, 7) is 2.52. The second-order valence-electron chi connectivity index (χ2n) is 3.61. The average Bonchev–Trinajstić information content (AvgIpc) is 2.86. The minimum Gasteiger partial charge on any atom is -0.496 e. The Morgan fingerprint density at radius 1 is 1.50 bits per heavy atom. The number of ketones is 1. The topological polar surface area (TPSA) is 57.0 Å². The van der Waals surface area contributed by atoms with Gasteiger partial charge in [0.2, 0.25) is 5.78 Å². The fraction of sp³-hybridized carbons (Fsp3) is 0.250. The highest BCUT2D eigenvalue weighted by molar-refractivity contribution is 9.10. The van der Waals surface area contributed by atoms with Crippen molar-refractivity contribution in [1.29, 1.82) is 0 Å². The molecule has 2 rings (SSSR count). The minimum absolute atomic E-state index is 0.106. The maximum Gasteiger partial charge on any atom is 0.212 e. The molecule has 0 spiro atoms. The van der Waals surface area contributed by atoms with E-state index in [0.717, 1.165) is 4.47 Å². The van der Waals surface area contributed by atoms with E-state index in [9.17, 15) is 4.79 Å². The van der Waals surface area contributed by atoms with Gasteiger partial charge in [0.1, 0.15) is 11.4 Å². The molecule has 0 saturated heterocycles. The Labute approximate surface area is 113 Å². The standard InChI is InChI=1S/C12H12BrN3O2/c1-3-16-10(7-14-15-16)12(17)8-4-5-11(18-2)9(13)6-8/h4-7H,3H2,1-2H3. The summed E-state index contributed by atoms with van der Waals surface area (Å²) in [5.74, 6) is 0.582. The van der Waals surface area contributed by atoms with Crippen molar-refractivity contribution in [3.63, 3.8) is 0 Å². The van der Waals surface area contributed by atoms with Crippen LogP contribution in [-0.2, 0) is 6.54 Å². The predicted octanol–water partition coefficient (Wildman–Crippen LogP) is 2.30. The number of aryl methyl sites for hydroxylation is 1. The van der Waals surface area contributed by atoms with E-state index < -0.39 is 0 Å². The first-order chi connectivity index (χ1) is 8.67. The van der Waals surface area contributed by atoms with Crippen molar-refractivity contribution in [2.24, 2.45) is 0 Å². The molecule has 0 saturated carbocycles. The average molecular weight is 310 g/mol. The number of nitrogens with zero attached hydrogens (tertiary/aromatic N) is 3. The van der Waals surface area contributed by atoms with Gasteiger partial charge in [-0.25, -0.2) is 4.68 Å². The molecule has 2 aromatic rings. The first kappa shape index (κ1) is 12.8. The van der Waals surface area contributed by atoms with Crippen molar-refractivity contribution < 1.29 is 9.53 Å². The zero-order valence-electron chi connectivity index (χ0n) is 10.1. The van der Waals surface area contributed by atoms with E-state index in [2.05, 4.69) is 26.2 Å². The predicted molar refractivity (Wildman–Crippen MR) is 69.8 cm³/mol. The van der Waals surface area contributed by atoms with Crippen molar-refractivity contribution in [3.8, 4) is 5.75 Å². The Morgan fingerprint density at radius 3 is 2.89 bits per heavy atom. The van der Waals surface area contributed by atoms with Gasteiger partial charge < -0.3 is 4.74 Å². The van der Waals surface area contributed by atoms with Gasteiger partial charge in [-0.05, 0) is 41.1 Å². The number of carbonyl (C=O) groups is 1. The molecule has 0 amide bonds. The lowest BCUT2D eigenvalue weighted by atomic mass is 10.1. The molecule has 18 heavy (non-hydrogen) atoms. The highest BCUT2D eigenvalue weighted by Gasteiger charge is 2.15. The number of carbonyl (C=O) groups excluding carboxylic acids is 1. The number of benzene rings is 1. The molecule has 1 aromatic heterocycles. The molecule has 94 valence electrons. The second-order valence-corrected chi connectivity index (χ2v) is 4.47. The van der Waals surface area contributed by atoms with E-state index in [0.29, 0.717) is 23.6 Å². The molecule has 0 unspecified atom stereocenters. The summed E-state index contributed by atoms with van der Waals surface area (Å²) >= 11 is 3.36. The Hall–Kier alpha value is -1.69. The van der Waals surface area contributed by atoms with Crippen LogP contribution in [-0.4, -0.2) is 27.9 Å². The summed E-state index contributed by atoms with van der Waals surface area (Å²) in [7, 11) is 1.58. The molecule has 0 radical (unpaired) electrons. The molecule has 0 aliphatic rings. The zero-order chi connectivity index (χ0) is 13.1. The van der Waals surface area contributed by atoms with Gasteiger partial charge in [-0.15, -0.1) is 5.10 Å². The highest BCUT2D eigenvalue weighted by Crippen LogP contribution is 2.26. The summed E-state index contributed by atoms with van der Waals surface area (Å²) in [4.78, 5) is 12.3. The fourth-order valence-corrected chi connectivity index (χ4v) is 2.16. The van der Waals surface area contributed by atoms with Gasteiger partial charge in [0.05, 0.1) is 17.8 Å². The maximum absolute atomic E-state index is 12.3. The third kappa shape index (κ3) is 2.28. The smallest absolute Gasteiger partial charge is 0.212 e. The van der Waals surface area contributed by atoms with Gasteiger partial charge in [-0.2, -0.15) is 0 Å². The van der Waals surface area contributed by atoms with Crippen LogP contribution in [0.15, 0.2) is 28.9 Å². The molecule has 1 aromatic carbocycles. The summed E-state index contributed by atoms with van der Waals surface area (Å²) in [6, 6.07) is 5.20. The van der Waals surface area contributed by atoms with Gasteiger partial charge >= 0.3 is 0 Å². The van der Waals surface area contributed by atoms with Crippen LogP contribution >= 0.6 is 15.9 Å². The number of ether oxygens (including phenoxy) is 1. The van der Waals surface area contributed by atoms with Crippen LogP contribution in [0.1, 0.15) is 23.0 Å². The van der Waals surface area contributed by atoms with Crippen LogP contribution in [0.3, 0.4) is 0 Å². The van der Waals surface area contributed by atoms with E-state index in [1.807, 2.05) is 6.92 Å². The Balaban J connectivity index is 2.37. The van der Waals surface area contributed by atoms with Gasteiger partial charge in [0, 0.05) is 12.1 Å². The summed E-state index contributed by atoms with van der Waals surface area (Å²) in [5, 5.41) is 7.60. The molecule has 1 heterocycles. The number of hydrogen-bond donors (Lipinski definition) is 0. The van der Waals surface area contributed by atoms with Crippen molar-refractivity contribution in [1.82, 2.24) is 15.0 Å². The van der Waals surface area contributed by atoms with E-state index >= 15 is 0 Å². The normalized spacial score (nSPS) is 10.4. The van der Waals surface area contributed by atoms with Gasteiger partial charge in [-0.3, -0.25) is 4.79 Å². The van der Waals surface area contributed by atoms with Crippen molar-refractivity contribution in [3.05, 3.63) is 40.1 Å². The van der Waals surface area contributed by atoms with Crippen molar-refractivity contribution in [2.45, 2.75) is 13.5 Å². The number of hydrogen-bond acceptors (Lipinski definition) is 4. The lowest BCUT2D eigenvalue weighted by molar-refractivity contribution is 0.102. The monoisotopic (exact) mass is 309 g/mol. The summed E-state index contributed by atoms with van der Waals surface area (Å²) < 4.78 is 7.44. The first-order valence-corrected chi connectivity index (χ1v) is 6.23. The Morgan fingerprint density at radius 2 is 2.28 bits per heavy atom. The maximum atomic E-state index is 12.3. The second kappa shape index (κ2) is 5.30. The third-order valence-corrected chi connectivity index (χ3v) is 3.18. The molecule has 0 bridgehead atoms. The lowest BCUT2D eigenvalue weighted by Crippen LogP contribution is -2.10. The molecular formula is C12H12BrN3O2. The van der Waals surface area contributed by atoms with E-state index in [-0.39, 0.29) is 5.78 Å². The Kier molecular flexibility index (Phi) is 3.76. The number of aromatic nitrogens is 3. The van der Waals surface area contributed by atoms with E-state index in [4.69, 9.17) is 4.74 Å². The molecule has 0 N–H and O–H groups in total. The van der Waals surface area contributed by atoms with Crippen LogP contribution in [0.25, 0.3) is 0 Å². The SMILES string of the molecule is CCn1nncc1C(=O)c1ccc(OC)c(Br)c1. The number of methoxy groups -OCH3 is 1. The number of halogens is 1. The summed E-state index contributed by atoms with van der Waals surface area (Å²) in [6.07, 6.45) is 1.48. The Bertz CT molecular complexity index is 580. The van der Waals surface area contributed by atoms with Gasteiger partial charge in [0.25, 0.3) is 0 Å². The zero-order valence-corrected chi connectivity index (χ0v) is 11.6. The number of rotatable bonds is 4. The van der Waals surface area contributed by atoms with Crippen molar-refractivity contribution >= 4 is 21.7 Å². The van der Waals surface area contributed by atoms with Gasteiger partial charge in [0.15, 0.2) is 0 Å². The van der Waals surface area contributed by atoms with Gasteiger partial charge in [-0.1, -0.05) is 5.21 Å².